The van der Waals surface area contributed by atoms with Crippen LogP contribution in [-0.4, -0.2) is 17.5 Å². The summed E-state index contributed by atoms with van der Waals surface area (Å²) < 4.78 is 0. The lowest BCUT2D eigenvalue weighted by atomic mass is 9.53. The quantitative estimate of drug-likeness (QED) is 0.843. The summed E-state index contributed by atoms with van der Waals surface area (Å²) in [4.78, 5) is 12.7. The molecule has 4 aliphatic carbocycles. The van der Waals surface area contributed by atoms with E-state index in [2.05, 4.69) is 43.5 Å². The molecule has 3 heteroatoms. The van der Waals surface area contributed by atoms with E-state index in [0.29, 0.717) is 11.5 Å². The molecule has 4 bridgehead atoms. The Bertz CT molecular complexity index is 599. The first kappa shape index (κ1) is 17.1. The number of amides is 1. The first-order valence-corrected chi connectivity index (χ1v) is 10.2. The molecule has 4 aliphatic rings. The van der Waals surface area contributed by atoms with E-state index in [4.69, 9.17) is 0 Å². The van der Waals surface area contributed by atoms with Crippen LogP contribution in [0.5, 0.6) is 0 Å². The molecule has 0 spiro atoms. The second-order valence-corrected chi connectivity index (χ2v) is 9.50. The molecule has 3 nitrogen and oxygen atoms in total. The van der Waals surface area contributed by atoms with E-state index in [0.717, 1.165) is 23.4 Å². The molecule has 0 aliphatic heterocycles. The highest BCUT2D eigenvalue weighted by molar-refractivity contribution is 5.93. The molecular weight excluding hydrogens is 308 g/mol. The number of rotatable bonds is 5. The second kappa shape index (κ2) is 6.42. The van der Waals surface area contributed by atoms with Gasteiger partial charge < -0.3 is 10.6 Å². The van der Waals surface area contributed by atoms with Crippen molar-refractivity contribution in [1.82, 2.24) is 0 Å². The largest absolute Gasteiger partial charge is 0.331 e. The Labute approximate surface area is 152 Å². The maximum Gasteiger partial charge on any atom is 0.282 e. The van der Waals surface area contributed by atoms with Crippen LogP contribution in [0.25, 0.3) is 0 Å². The van der Waals surface area contributed by atoms with Crippen molar-refractivity contribution >= 4 is 11.6 Å². The molecule has 4 fully saturated rings. The zero-order valence-corrected chi connectivity index (χ0v) is 15.9. The van der Waals surface area contributed by atoms with Crippen LogP contribution in [0.15, 0.2) is 24.3 Å². The molecule has 0 heterocycles. The van der Waals surface area contributed by atoms with Gasteiger partial charge in [-0.05, 0) is 67.6 Å². The van der Waals surface area contributed by atoms with Gasteiger partial charge in [0.2, 0.25) is 0 Å². The van der Waals surface area contributed by atoms with Gasteiger partial charge in [-0.3, -0.25) is 4.79 Å². The Morgan fingerprint density at radius 3 is 2.00 bits per heavy atom. The molecule has 1 atom stereocenters. The fourth-order valence-corrected chi connectivity index (χ4v) is 6.20. The van der Waals surface area contributed by atoms with Gasteiger partial charge in [-0.1, -0.05) is 26.0 Å². The van der Waals surface area contributed by atoms with Gasteiger partial charge in [-0.15, -0.1) is 0 Å². The topological polar surface area (TPSA) is 45.7 Å². The summed E-state index contributed by atoms with van der Waals surface area (Å²) in [5.74, 6) is 3.46. The molecule has 3 N–H and O–H groups in total. The number of nitrogens with one attached hydrogen (secondary N) is 1. The smallest absolute Gasteiger partial charge is 0.282 e. The van der Waals surface area contributed by atoms with Crippen molar-refractivity contribution in [3.8, 4) is 0 Å². The zero-order chi connectivity index (χ0) is 17.6. The molecule has 1 aromatic rings. The minimum atomic E-state index is -0.0129. The van der Waals surface area contributed by atoms with Crippen molar-refractivity contribution < 1.29 is 10.1 Å². The lowest BCUT2D eigenvalue weighted by Crippen LogP contribution is -3.03. The summed E-state index contributed by atoms with van der Waals surface area (Å²) in [6.45, 7) is 6.46. The summed E-state index contributed by atoms with van der Waals surface area (Å²) >= 11 is 0. The molecule has 0 saturated heterocycles. The molecule has 0 radical (unpaired) electrons. The van der Waals surface area contributed by atoms with Gasteiger partial charge in [-0.2, -0.15) is 0 Å². The van der Waals surface area contributed by atoms with Crippen LogP contribution < -0.4 is 10.6 Å². The highest BCUT2D eigenvalue weighted by Gasteiger charge is 2.54. The SMILES string of the molecule is CC(C)c1ccc(NC(=O)[C@@H](C)[NH2+]C23CC4CC(CC(C4)C2)C3)cc1. The maximum absolute atomic E-state index is 12.7. The molecule has 1 amide bonds. The Kier molecular flexibility index (Phi) is 4.39. The van der Waals surface area contributed by atoms with Gasteiger partial charge in [0.25, 0.3) is 5.91 Å². The second-order valence-electron chi connectivity index (χ2n) is 9.50. The van der Waals surface area contributed by atoms with Gasteiger partial charge in [0.1, 0.15) is 0 Å². The average molecular weight is 342 g/mol. The summed E-state index contributed by atoms with van der Waals surface area (Å²) in [6, 6.07) is 8.29. The third-order valence-corrected chi connectivity index (χ3v) is 6.95. The molecule has 136 valence electrons. The molecule has 0 unspecified atom stereocenters. The van der Waals surface area contributed by atoms with Crippen molar-refractivity contribution in [2.24, 2.45) is 17.8 Å². The Balaban J connectivity index is 1.38. The number of carbonyl (C=O) groups is 1. The first-order chi connectivity index (χ1) is 11.9. The third-order valence-electron chi connectivity index (χ3n) is 6.95. The van der Waals surface area contributed by atoms with Crippen molar-refractivity contribution in [3.63, 3.8) is 0 Å². The fraction of sp³-hybridized carbons (Fsp3) is 0.682. The van der Waals surface area contributed by atoms with Gasteiger partial charge in [0.05, 0.1) is 5.54 Å². The first-order valence-electron chi connectivity index (χ1n) is 10.2. The number of hydrogen-bond donors (Lipinski definition) is 2. The Morgan fingerprint density at radius 2 is 1.52 bits per heavy atom. The number of nitrogens with two attached hydrogens (primary N) is 1. The van der Waals surface area contributed by atoms with Gasteiger partial charge in [0.15, 0.2) is 6.04 Å². The summed E-state index contributed by atoms with van der Waals surface area (Å²) in [5, 5.41) is 5.55. The lowest BCUT2D eigenvalue weighted by Gasteiger charge is -2.55. The molecule has 0 aromatic heterocycles. The van der Waals surface area contributed by atoms with Gasteiger partial charge >= 0.3 is 0 Å². The fourth-order valence-electron chi connectivity index (χ4n) is 6.20. The van der Waals surface area contributed by atoms with E-state index in [9.17, 15) is 4.79 Å². The van der Waals surface area contributed by atoms with E-state index in [1.54, 1.807) is 0 Å². The van der Waals surface area contributed by atoms with E-state index < -0.39 is 0 Å². The zero-order valence-electron chi connectivity index (χ0n) is 15.9. The number of quaternary nitrogens is 1. The highest BCUT2D eigenvalue weighted by Crippen LogP contribution is 2.54. The van der Waals surface area contributed by atoms with Gasteiger partial charge in [0, 0.05) is 24.9 Å². The molecule has 1 aromatic carbocycles. The van der Waals surface area contributed by atoms with Crippen LogP contribution >= 0.6 is 0 Å². The van der Waals surface area contributed by atoms with Crippen molar-refractivity contribution in [3.05, 3.63) is 29.8 Å². The van der Waals surface area contributed by atoms with E-state index >= 15 is 0 Å². The molecule has 4 saturated carbocycles. The number of carbonyl (C=O) groups excluding carboxylic acids is 1. The predicted octanol–water partition coefficient (Wildman–Crippen LogP) is 3.67. The van der Waals surface area contributed by atoms with Crippen LogP contribution in [0.1, 0.15) is 70.8 Å². The minimum Gasteiger partial charge on any atom is -0.331 e. The molecule has 25 heavy (non-hydrogen) atoms. The van der Waals surface area contributed by atoms with Crippen LogP contribution in [0.3, 0.4) is 0 Å². The maximum atomic E-state index is 12.7. The normalized spacial score (nSPS) is 34.3. The number of benzene rings is 1. The van der Waals surface area contributed by atoms with E-state index in [1.807, 2.05) is 12.1 Å². The predicted molar refractivity (Wildman–Crippen MR) is 101 cm³/mol. The summed E-state index contributed by atoms with van der Waals surface area (Å²) in [6.07, 6.45) is 8.36. The van der Waals surface area contributed by atoms with Crippen LogP contribution in [0.4, 0.5) is 5.69 Å². The summed E-state index contributed by atoms with van der Waals surface area (Å²) in [5.41, 5.74) is 2.58. The van der Waals surface area contributed by atoms with Crippen LogP contribution in [0.2, 0.25) is 0 Å². The highest BCUT2D eigenvalue weighted by atomic mass is 16.2. The van der Waals surface area contributed by atoms with Crippen molar-refractivity contribution in [1.29, 1.82) is 0 Å². The van der Waals surface area contributed by atoms with Crippen molar-refractivity contribution in [2.75, 3.05) is 5.32 Å². The molecular formula is C22H33N2O+. The average Bonchev–Trinajstić information content (AvgIpc) is 2.53. The number of anilines is 1. The Morgan fingerprint density at radius 1 is 1.00 bits per heavy atom. The minimum absolute atomic E-state index is 0.0129. The number of hydrogen-bond acceptors (Lipinski definition) is 1. The van der Waals surface area contributed by atoms with Crippen LogP contribution in [-0.2, 0) is 4.79 Å². The molecule has 5 rings (SSSR count). The van der Waals surface area contributed by atoms with Crippen molar-refractivity contribution in [2.45, 2.75) is 76.8 Å². The third kappa shape index (κ3) is 3.48. The Hall–Kier alpha value is -1.35. The van der Waals surface area contributed by atoms with Gasteiger partial charge in [-0.25, -0.2) is 0 Å². The van der Waals surface area contributed by atoms with E-state index in [1.165, 1.54) is 44.1 Å². The van der Waals surface area contributed by atoms with E-state index in [-0.39, 0.29) is 11.9 Å². The lowest BCUT2D eigenvalue weighted by molar-refractivity contribution is -0.754. The standard InChI is InChI=1S/C22H32N2O/c1-14(2)19-4-6-20(7-5-19)23-21(25)15(3)24-22-11-16-8-17(12-22)10-18(9-16)13-22/h4-7,14-18,24H,8-13H2,1-3H3,(H,23,25)/p+1/t15-,16?,17?,18?,22?/m1/s1. The van der Waals surface area contributed by atoms with Crippen LogP contribution in [0, 0.1) is 17.8 Å². The monoisotopic (exact) mass is 341 g/mol. The summed E-state index contributed by atoms with van der Waals surface area (Å²) in [7, 11) is 0.